The number of H-pyrrole nitrogens is 1. The zero-order valence-corrected chi connectivity index (χ0v) is 16.6. The van der Waals surface area contributed by atoms with Crippen molar-refractivity contribution in [1.82, 2.24) is 29.5 Å². The molecule has 0 unspecified atom stereocenters. The molecule has 0 atom stereocenters. The summed E-state index contributed by atoms with van der Waals surface area (Å²) in [5.41, 5.74) is 10.5. The van der Waals surface area contributed by atoms with Gasteiger partial charge in [-0.2, -0.15) is 10.2 Å². The Morgan fingerprint density at radius 2 is 1.82 bits per heavy atom. The fourth-order valence-electron chi connectivity index (χ4n) is 3.23. The molecule has 0 fully saturated rings. The Bertz CT molecular complexity index is 1220. The van der Waals surface area contributed by atoms with Gasteiger partial charge in [-0.25, -0.2) is 9.67 Å². The fourth-order valence-corrected chi connectivity index (χ4v) is 3.35. The SMILES string of the molecule is Cc1nn(-c2cc(N)[nH]c3nn(C)c(-c4ccccc4)c3ccn2)c(C)c1Cl. The molecule has 4 aromatic rings. The highest BCUT2D eigenvalue weighted by atomic mass is 35.5. The molecule has 0 amide bonds. The van der Waals surface area contributed by atoms with Gasteiger partial charge in [-0.05, 0) is 19.9 Å². The minimum atomic E-state index is 0.407. The van der Waals surface area contributed by atoms with Crippen molar-refractivity contribution < 1.29 is 0 Å². The van der Waals surface area contributed by atoms with E-state index in [0.717, 1.165) is 28.0 Å². The maximum Gasteiger partial charge on any atom is 0.161 e. The lowest BCUT2D eigenvalue weighted by atomic mass is 10.1. The first-order valence-electron chi connectivity index (χ1n) is 8.78. The predicted molar refractivity (Wildman–Crippen MR) is 112 cm³/mol. The van der Waals surface area contributed by atoms with Gasteiger partial charge in [0, 0.05) is 30.3 Å². The summed E-state index contributed by atoms with van der Waals surface area (Å²) in [5, 5.41) is 10.6. The van der Waals surface area contributed by atoms with Crippen molar-refractivity contribution in [3.8, 4) is 17.1 Å². The summed E-state index contributed by atoms with van der Waals surface area (Å²) in [5.74, 6) is 0.967. The molecule has 7 nitrogen and oxygen atoms in total. The molecule has 1 aromatic carbocycles. The van der Waals surface area contributed by atoms with E-state index in [1.807, 2.05) is 62.0 Å². The fraction of sp³-hybridized carbons (Fsp3) is 0.150. The highest BCUT2D eigenvalue weighted by Crippen LogP contribution is 2.27. The van der Waals surface area contributed by atoms with Crippen LogP contribution in [0.2, 0.25) is 5.02 Å². The van der Waals surface area contributed by atoms with Gasteiger partial charge in [0.15, 0.2) is 11.5 Å². The highest BCUT2D eigenvalue weighted by molar-refractivity contribution is 6.31. The van der Waals surface area contributed by atoms with Crippen LogP contribution in [0.4, 0.5) is 5.82 Å². The molecule has 3 heterocycles. The molecule has 4 rings (SSSR count). The van der Waals surface area contributed by atoms with E-state index < -0.39 is 0 Å². The molecule has 0 aliphatic carbocycles. The Labute approximate surface area is 167 Å². The molecule has 8 heteroatoms. The monoisotopic (exact) mass is 393 g/mol. The second-order valence-corrected chi connectivity index (χ2v) is 6.90. The predicted octanol–water partition coefficient (Wildman–Crippen LogP) is 4.13. The number of nitrogens with two attached hydrogens (primary N) is 1. The van der Waals surface area contributed by atoms with Crippen LogP contribution in [0.1, 0.15) is 11.4 Å². The Kier molecular flexibility index (Phi) is 4.52. The lowest BCUT2D eigenvalue weighted by Gasteiger charge is -2.02. The van der Waals surface area contributed by atoms with Crippen molar-refractivity contribution in [2.24, 2.45) is 7.05 Å². The molecule has 0 bridgehead atoms. The zero-order valence-electron chi connectivity index (χ0n) is 15.8. The lowest BCUT2D eigenvalue weighted by molar-refractivity contribution is 0.784. The number of benzene rings is 1. The maximum atomic E-state index is 6.28. The van der Waals surface area contributed by atoms with Crippen molar-refractivity contribution in [3.05, 3.63) is 65.1 Å². The Morgan fingerprint density at radius 1 is 1.07 bits per heavy atom. The van der Waals surface area contributed by atoms with Gasteiger partial charge in [-0.15, -0.1) is 0 Å². The number of aryl methyl sites for hydroxylation is 2. The lowest BCUT2D eigenvalue weighted by Crippen LogP contribution is -2.01. The number of rotatable bonds is 2. The topological polar surface area (TPSA) is 90.3 Å². The van der Waals surface area contributed by atoms with Crippen LogP contribution in [0.3, 0.4) is 0 Å². The molecule has 0 aliphatic heterocycles. The molecule has 0 aliphatic rings. The summed E-state index contributed by atoms with van der Waals surface area (Å²) in [4.78, 5) is 7.74. The third-order valence-electron chi connectivity index (χ3n) is 4.55. The number of nitrogen functional groups attached to an aromatic ring is 1. The summed E-state index contributed by atoms with van der Waals surface area (Å²) >= 11 is 6.28. The van der Waals surface area contributed by atoms with Gasteiger partial charge >= 0.3 is 0 Å². The van der Waals surface area contributed by atoms with Crippen LogP contribution in [0.25, 0.3) is 28.1 Å². The molecular weight excluding hydrogens is 374 g/mol. The number of nitrogens with zero attached hydrogens (tertiary/aromatic N) is 5. The first-order valence-corrected chi connectivity index (χ1v) is 9.16. The standard InChI is InChI=1S/C20H20ClN7/c1-12-18(21)13(2)28(25-12)17-11-16(22)24-20-15(9-10-23-17)19(27(3)26-20)14-7-5-4-6-8-14/h4-11H,22H2,1-3H3,(H,24,26). The molecule has 3 aromatic heterocycles. The van der Waals surface area contributed by atoms with E-state index in [0.29, 0.717) is 22.3 Å². The number of anilines is 1. The van der Waals surface area contributed by atoms with Crippen molar-refractivity contribution in [1.29, 1.82) is 0 Å². The highest BCUT2D eigenvalue weighted by Gasteiger charge is 2.13. The van der Waals surface area contributed by atoms with E-state index in [9.17, 15) is 0 Å². The molecule has 28 heavy (non-hydrogen) atoms. The third kappa shape index (κ3) is 3.10. The van der Waals surface area contributed by atoms with Gasteiger partial charge < -0.3 is 10.7 Å². The molecular formula is C20H20ClN7. The summed E-state index contributed by atoms with van der Waals surface area (Å²) < 4.78 is 3.51. The van der Waals surface area contributed by atoms with Gasteiger partial charge in [-0.3, -0.25) is 4.68 Å². The first kappa shape index (κ1) is 18.1. The van der Waals surface area contributed by atoms with Gasteiger partial charge in [0.2, 0.25) is 0 Å². The molecule has 0 spiro atoms. The Morgan fingerprint density at radius 3 is 2.50 bits per heavy atom. The summed E-state index contributed by atoms with van der Waals surface area (Å²) in [6.45, 7) is 3.75. The van der Waals surface area contributed by atoms with E-state index in [-0.39, 0.29) is 0 Å². The van der Waals surface area contributed by atoms with Gasteiger partial charge in [0.1, 0.15) is 5.82 Å². The number of aromatic nitrogens is 6. The van der Waals surface area contributed by atoms with Gasteiger partial charge in [-0.1, -0.05) is 41.9 Å². The van der Waals surface area contributed by atoms with Crippen molar-refractivity contribution in [2.45, 2.75) is 13.8 Å². The number of nitrogens with one attached hydrogen (secondary N) is 1. The Hall–Kier alpha value is -3.32. The largest absolute Gasteiger partial charge is 0.385 e. The van der Waals surface area contributed by atoms with Gasteiger partial charge in [0.25, 0.3) is 0 Å². The first-order chi connectivity index (χ1) is 13.5. The molecule has 3 N–H and O–H groups in total. The van der Waals surface area contributed by atoms with Gasteiger partial charge in [0.05, 0.1) is 22.1 Å². The zero-order chi connectivity index (χ0) is 19.8. The van der Waals surface area contributed by atoms with Crippen molar-refractivity contribution >= 4 is 28.5 Å². The van der Waals surface area contributed by atoms with E-state index in [1.165, 1.54) is 0 Å². The maximum absolute atomic E-state index is 6.28. The normalized spacial score (nSPS) is 11.0. The van der Waals surface area contributed by atoms with Crippen molar-refractivity contribution in [2.75, 3.05) is 5.73 Å². The second-order valence-electron chi connectivity index (χ2n) is 6.52. The van der Waals surface area contributed by atoms with E-state index in [2.05, 4.69) is 20.2 Å². The minimum Gasteiger partial charge on any atom is -0.385 e. The number of aromatic amines is 1. The van der Waals surface area contributed by atoms with Crippen LogP contribution >= 0.6 is 11.6 Å². The molecule has 0 radical (unpaired) electrons. The van der Waals surface area contributed by atoms with Crippen LogP contribution in [-0.4, -0.2) is 29.5 Å². The van der Waals surface area contributed by atoms with Crippen LogP contribution in [0.15, 0.2) is 48.7 Å². The average molecular weight is 394 g/mol. The summed E-state index contributed by atoms with van der Waals surface area (Å²) in [6, 6.07) is 13.7. The van der Waals surface area contributed by atoms with Crippen LogP contribution in [0.5, 0.6) is 0 Å². The van der Waals surface area contributed by atoms with E-state index in [1.54, 1.807) is 16.9 Å². The minimum absolute atomic E-state index is 0.407. The Balaban J connectivity index is 1.98. The number of hydrogen-bond acceptors (Lipinski definition) is 4. The van der Waals surface area contributed by atoms with Crippen LogP contribution in [0, 0.1) is 13.8 Å². The number of fused-ring (bicyclic) bond motifs is 1. The smallest absolute Gasteiger partial charge is 0.161 e. The quantitative estimate of drug-likeness (QED) is 0.535. The third-order valence-corrected chi connectivity index (χ3v) is 5.09. The summed E-state index contributed by atoms with van der Waals surface area (Å²) in [7, 11) is 1.91. The van der Waals surface area contributed by atoms with Crippen LogP contribution < -0.4 is 5.73 Å². The van der Waals surface area contributed by atoms with Crippen LogP contribution in [-0.2, 0) is 7.05 Å². The van der Waals surface area contributed by atoms with E-state index >= 15 is 0 Å². The van der Waals surface area contributed by atoms with E-state index in [4.69, 9.17) is 17.3 Å². The average Bonchev–Trinajstić information content (AvgIpc) is 3.13. The number of halogens is 1. The second kappa shape index (κ2) is 7.01. The summed E-state index contributed by atoms with van der Waals surface area (Å²) in [6.07, 6.45) is 1.73. The molecule has 142 valence electrons. The van der Waals surface area contributed by atoms with Crippen molar-refractivity contribution in [3.63, 3.8) is 0 Å². The number of hydrogen-bond donors (Lipinski definition) is 2. The molecule has 0 saturated heterocycles. The molecule has 0 saturated carbocycles.